The van der Waals surface area contributed by atoms with Crippen LogP contribution in [0.4, 0.5) is 0 Å². The van der Waals surface area contributed by atoms with Gasteiger partial charge < -0.3 is 9.80 Å². The van der Waals surface area contributed by atoms with Crippen LogP contribution in [0.5, 0.6) is 0 Å². The Hall–Kier alpha value is -1.60. The van der Waals surface area contributed by atoms with E-state index in [0.717, 1.165) is 27.4 Å². The van der Waals surface area contributed by atoms with Gasteiger partial charge in [-0.1, -0.05) is 23.9 Å². The number of amides is 2. The summed E-state index contributed by atoms with van der Waals surface area (Å²) in [5, 5.41) is 0. The van der Waals surface area contributed by atoms with E-state index < -0.39 is 0 Å². The number of aromatic nitrogens is 1. The Morgan fingerprint density at radius 2 is 2.08 bits per heavy atom. The van der Waals surface area contributed by atoms with Crippen molar-refractivity contribution in [1.29, 1.82) is 0 Å². The van der Waals surface area contributed by atoms with Crippen molar-refractivity contribution in [1.82, 2.24) is 14.8 Å². The predicted molar refractivity (Wildman–Crippen MR) is 103 cm³/mol. The van der Waals surface area contributed by atoms with Gasteiger partial charge in [0, 0.05) is 19.6 Å². The van der Waals surface area contributed by atoms with Crippen LogP contribution in [0.3, 0.4) is 0 Å². The lowest BCUT2D eigenvalue weighted by molar-refractivity contribution is -0.142. The van der Waals surface area contributed by atoms with Crippen molar-refractivity contribution in [3.05, 3.63) is 24.3 Å². The highest BCUT2D eigenvalue weighted by atomic mass is 32.2. The molecule has 1 saturated heterocycles. The third kappa shape index (κ3) is 3.98. The molecule has 1 fully saturated rings. The van der Waals surface area contributed by atoms with Crippen LogP contribution in [0.2, 0.25) is 0 Å². The van der Waals surface area contributed by atoms with Crippen LogP contribution in [-0.2, 0) is 9.59 Å². The number of para-hydroxylation sites is 1. The molecule has 0 radical (unpaired) electrons. The van der Waals surface area contributed by atoms with E-state index in [9.17, 15) is 9.59 Å². The van der Waals surface area contributed by atoms with Crippen molar-refractivity contribution >= 4 is 45.1 Å². The van der Waals surface area contributed by atoms with Crippen molar-refractivity contribution in [2.24, 2.45) is 0 Å². The average Bonchev–Trinajstić information content (AvgIpc) is 3.27. The summed E-state index contributed by atoms with van der Waals surface area (Å²) in [5.41, 5.74) is 0.971. The number of likely N-dealkylation sites (tertiary alicyclic amines) is 1. The molecule has 0 aliphatic carbocycles. The van der Waals surface area contributed by atoms with Crippen molar-refractivity contribution in [3.8, 4) is 0 Å². The van der Waals surface area contributed by atoms with Crippen LogP contribution in [0.25, 0.3) is 10.2 Å². The first-order valence-corrected chi connectivity index (χ1v) is 10.5. The monoisotopic (exact) mass is 377 g/mol. The number of nitrogens with zero attached hydrogens (tertiary/aromatic N) is 3. The summed E-state index contributed by atoms with van der Waals surface area (Å²) < 4.78 is 2.04. The van der Waals surface area contributed by atoms with Crippen LogP contribution in [0, 0.1) is 0 Å². The molecule has 1 unspecified atom stereocenters. The van der Waals surface area contributed by atoms with Crippen molar-refractivity contribution in [3.63, 3.8) is 0 Å². The number of benzene rings is 1. The maximum atomic E-state index is 12.7. The number of thioether (sulfide) groups is 1. The van der Waals surface area contributed by atoms with E-state index in [0.29, 0.717) is 25.4 Å². The van der Waals surface area contributed by atoms with Gasteiger partial charge in [-0.3, -0.25) is 9.59 Å². The van der Waals surface area contributed by atoms with Gasteiger partial charge >= 0.3 is 0 Å². The number of fused-ring (bicyclic) bond motifs is 1. The Balaban J connectivity index is 1.62. The number of carbonyl (C=O) groups excluding carboxylic acids is 2. The lowest BCUT2D eigenvalue weighted by atomic mass is 10.2. The summed E-state index contributed by atoms with van der Waals surface area (Å²) in [5.74, 6) is 0.454. The molecular formula is C18H23N3O2S2. The smallest absolute Gasteiger partial charge is 0.245 e. The summed E-state index contributed by atoms with van der Waals surface area (Å²) in [6.45, 7) is 6.01. The van der Waals surface area contributed by atoms with Gasteiger partial charge in [0.2, 0.25) is 11.8 Å². The van der Waals surface area contributed by atoms with Gasteiger partial charge in [0.25, 0.3) is 0 Å². The van der Waals surface area contributed by atoms with E-state index in [1.165, 1.54) is 11.8 Å². The average molecular weight is 378 g/mol. The minimum absolute atomic E-state index is 0.0345. The number of carbonyl (C=O) groups is 2. The molecule has 25 heavy (non-hydrogen) atoms. The third-order valence-corrected chi connectivity index (χ3v) is 6.69. The van der Waals surface area contributed by atoms with Gasteiger partial charge in [-0.2, -0.15) is 0 Å². The Bertz CT molecular complexity index is 725. The molecule has 1 aromatic heterocycles. The molecule has 2 amide bonds. The highest BCUT2D eigenvalue weighted by Crippen LogP contribution is 2.30. The largest absolute Gasteiger partial charge is 0.341 e. The molecule has 3 rings (SSSR count). The van der Waals surface area contributed by atoms with Gasteiger partial charge in [-0.05, 0) is 38.8 Å². The fraction of sp³-hybridized carbons (Fsp3) is 0.500. The zero-order chi connectivity index (χ0) is 17.8. The SMILES string of the molecule is CCN(CC)C(=O)C1CCCN1C(=O)CSc1nc2ccccc2s1. The number of thiazole rings is 1. The van der Waals surface area contributed by atoms with Crippen molar-refractivity contribution in [2.45, 2.75) is 37.1 Å². The molecule has 2 heterocycles. The summed E-state index contributed by atoms with van der Waals surface area (Å²) in [4.78, 5) is 33.4. The van der Waals surface area contributed by atoms with Gasteiger partial charge in [-0.25, -0.2) is 4.98 Å². The van der Waals surface area contributed by atoms with Gasteiger partial charge in [0.05, 0.1) is 16.0 Å². The Kier molecular flexibility index (Phi) is 5.96. The summed E-state index contributed by atoms with van der Waals surface area (Å²) in [7, 11) is 0. The molecule has 1 aromatic carbocycles. The van der Waals surface area contributed by atoms with Gasteiger partial charge in [0.15, 0.2) is 4.34 Å². The number of likely N-dealkylation sites (N-methyl/N-ethyl adjacent to an activating group) is 1. The van der Waals surface area contributed by atoms with Crippen LogP contribution in [0.1, 0.15) is 26.7 Å². The first-order valence-electron chi connectivity index (χ1n) is 8.70. The Morgan fingerprint density at radius 1 is 1.32 bits per heavy atom. The number of hydrogen-bond donors (Lipinski definition) is 0. The summed E-state index contributed by atoms with van der Waals surface area (Å²) in [6.07, 6.45) is 1.67. The number of rotatable bonds is 6. The highest BCUT2D eigenvalue weighted by molar-refractivity contribution is 8.01. The molecule has 1 atom stereocenters. The lowest BCUT2D eigenvalue weighted by Crippen LogP contribution is -2.48. The third-order valence-electron chi connectivity index (χ3n) is 4.53. The second kappa shape index (κ2) is 8.19. The van der Waals surface area contributed by atoms with E-state index in [2.05, 4.69) is 4.98 Å². The first kappa shape index (κ1) is 18.2. The van der Waals surface area contributed by atoms with E-state index in [4.69, 9.17) is 0 Å². The molecule has 0 N–H and O–H groups in total. The zero-order valence-electron chi connectivity index (χ0n) is 14.6. The van der Waals surface area contributed by atoms with E-state index in [1.807, 2.05) is 43.0 Å². The quantitative estimate of drug-likeness (QED) is 0.725. The highest BCUT2D eigenvalue weighted by Gasteiger charge is 2.35. The zero-order valence-corrected chi connectivity index (χ0v) is 16.2. The molecule has 5 nitrogen and oxygen atoms in total. The first-order chi connectivity index (χ1) is 12.1. The second-order valence-electron chi connectivity index (χ2n) is 5.99. The van der Waals surface area contributed by atoms with Crippen molar-refractivity contribution < 1.29 is 9.59 Å². The van der Waals surface area contributed by atoms with E-state index >= 15 is 0 Å². The molecular weight excluding hydrogens is 354 g/mol. The molecule has 1 aliphatic heterocycles. The number of hydrogen-bond acceptors (Lipinski definition) is 5. The van der Waals surface area contributed by atoms with E-state index in [1.54, 1.807) is 16.2 Å². The molecule has 7 heteroatoms. The fourth-order valence-corrected chi connectivity index (χ4v) is 5.14. The van der Waals surface area contributed by atoms with Crippen LogP contribution in [-0.4, -0.2) is 58.0 Å². The summed E-state index contributed by atoms with van der Waals surface area (Å²) in [6, 6.07) is 7.70. The topological polar surface area (TPSA) is 53.5 Å². The molecule has 0 spiro atoms. The minimum atomic E-state index is -0.289. The van der Waals surface area contributed by atoms with Crippen molar-refractivity contribution in [2.75, 3.05) is 25.4 Å². The Labute approximate surface area is 156 Å². The van der Waals surface area contributed by atoms with Gasteiger partial charge in [-0.15, -0.1) is 11.3 Å². The van der Waals surface area contributed by atoms with Crippen LogP contribution >= 0.6 is 23.1 Å². The van der Waals surface area contributed by atoms with Gasteiger partial charge in [0.1, 0.15) is 6.04 Å². The molecule has 2 aromatic rings. The normalized spacial score (nSPS) is 17.2. The maximum Gasteiger partial charge on any atom is 0.245 e. The van der Waals surface area contributed by atoms with Crippen LogP contribution < -0.4 is 0 Å². The fourth-order valence-electron chi connectivity index (χ4n) is 3.19. The summed E-state index contributed by atoms with van der Waals surface area (Å²) >= 11 is 3.07. The maximum absolute atomic E-state index is 12.7. The standard InChI is InChI=1S/C18H23N3O2S2/c1-3-20(4-2)17(23)14-9-7-11-21(14)16(22)12-24-18-19-13-8-5-6-10-15(13)25-18/h5-6,8,10,14H,3-4,7,9,11-12H2,1-2H3. The molecule has 134 valence electrons. The second-order valence-corrected chi connectivity index (χ2v) is 8.24. The Morgan fingerprint density at radius 3 is 2.80 bits per heavy atom. The molecule has 0 saturated carbocycles. The predicted octanol–water partition coefficient (Wildman–Crippen LogP) is 3.25. The minimum Gasteiger partial charge on any atom is -0.341 e. The lowest BCUT2D eigenvalue weighted by Gasteiger charge is -2.28. The van der Waals surface area contributed by atoms with E-state index in [-0.39, 0.29) is 17.9 Å². The van der Waals surface area contributed by atoms with Crippen LogP contribution in [0.15, 0.2) is 28.6 Å². The molecule has 1 aliphatic rings. The molecule has 0 bridgehead atoms.